The lowest BCUT2D eigenvalue weighted by molar-refractivity contribution is -0.130. The molecule has 2 fully saturated rings. The number of hydrogen-bond donors (Lipinski definition) is 0. The number of nitrogens with zero attached hydrogens (tertiary/aromatic N) is 2. The van der Waals surface area contributed by atoms with Crippen LogP contribution in [-0.4, -0.2) is 61.1 Å². The van der Waals surface area contributed by atoms with Crippen molar-refractivity contribution in [2.45, 2.75) is 25.3 Å². The number of carbonyl (C=O) groups is 1. The summed E-state index contributed by atoms with van der Waals surface area (Å²) < 4.78 is 18.4. The lowest BCUT2D eigenvalue weighted by atomic mass is 10.1. The summed E-state index contributed by atoms with van der Waals surface area (Å²) in [7, 11) is 0. The van der Waals surface area contributed by atoms with Crippen molar-refractivity contribution in [2.75, 3.05) is 39.4 Å². The highest BCUT2D eigenvalue weighted by Gasteiger charge is 2.26. The molecule has 22 heavy (non-hydrogen) atoms. The van der Waals surface area contributed by atoms with Crippen LogP contribution in [0.3, 0.4) is 0 Å². The molecule has 0 radical (unpaired) electrons. The summed E-state index contributed by atoms with van der Waals surface area (Å²) in [6, 6.07) is 6.72. The minimum atomic E-state index is -0.264. The number of benzene rings is 1. The van der Waals surface area contributed by atoms with Gasteiger partial charge in [-0.3, -0.25) is 9.69 Å². The van der Waals surface area contributed by atoms with Gasteiger partial charge in [-0.05, 0) is 30.5 Å². The van der Waals surface area contributed by atoms with Crippen molar-refractivity contribution in [1.29, 1.82) is 0 Å². The number of rotatable bonds is 3. The first-order valence-corrected chi connectivity index (χ1v) is 8.06. The SMILES string of the molecule is O=C(Cc1ccc(F)cc1)N1CCCN(C2CCOC2)CC1. The number of hydrogen-bond acceptors (Lipinski definition) is 3. The highest BCUT2D eigenvalue weighted by molar-refractivity contribution is 5.78. The van der Waals surface area contributed by atoms with Crippen molar-refractivity contribution in [1.82, 2.24) is 9.80 Å². The van der Waals surface area contributed by atoms with E-state index in [1.165, 1.54) is 12.1 Å². The largest absolute Gasteiger partial charge is 0.380 e. The summed E-state index contributed by atoms with van der Waals surface area (Å²) >= 11 is 0. The molecular weight excluding hydrogens is 283 g/mol. The summed E-state index contributed by atoms with van der Waals surface area (Å²) in [5, 5.41) is 0. The Morgan fingerprint density at radius 2 is 2.00 bits per heavy atom. The maximum atomic E-state index is 12.9. The van der Waals surface area contributed by atoms with Crippen LogP contribution in [0.15, 0.2) is 24.3 Å². The van der Waals surface area contributed by atoms with E-state index in [2.05, 4.69) is 4.90 Å². The predicted molar refractivity (Wildman–Crippen MR) is 82.1 cm³/mol. The van der Waals surface area contributed by atoms with Crippen LogP contribution in [0.2, 0.25) is 0 Å². The van der Waals surface area contributed by atoms with Gasteiger partial charge in [-0.1, -0.05) is 12.1 Å². The molecule has 0 aromatic heterocycles. The van der Waals surface area contributed by atoms with Crippen molar-refractivity contribution < 1.29 is 13.9 Å². The lowest BCUT2D eigenvalue weighted by Gasteiger charge is -2.26. The fourth-order valence-electron chi connectivity index (χ4n) is 3.25. The van der Waals surface area contributed by atoms with Gasteiger partial charge in [-0.2, -0.15) is 0 Å². The molecule has 0 aliphatic carbocycles. The van der Waals surface area contributed by atoms with Crippen molar-refractivity contribution in [2.24, 2.45) is 0 Å². The molecule has 120 valence electrons. The van der Waals surface area contributed by atoms with Gasteiger partial charge in [0.2, 0.25) is 5.91 Å². The van der Waals surface area contributed by atoms with Gasteiger partial charge in [0.1, 0.15) is 5.82 Å². The van der Waals surface area contributed by atoms with E-state index in [0.29, 0.717) is 12.5 Å². The molecular formula is C17H23FN2O2. The van der Waals surface area contributed by atoms with Crippen LogP contribution in [0.5, 0.6) is 0 Å². The molecule has 3 rings (SSSR count). The molecule has 0 saturated carbocycles. The Kier molecular flexibility index (Phi) is 5.05. The summed E-state index contributed by atoms with van der Waals surface area (Å²) in [5.74, 6) is -0.128. The molecule has 0 N–H and O–H groups in total. The van der Waals surface area contributed by atoms with Gasteiger partial charge in [0.15, 0.2) is 0 Å². The standard InChI is InChI=1S/C17H23FN2O2/c18-15-4-2-14(3-5-15)12-17(21)20-8-1-7-19(9-10-20)16-6-11-22-13-16/h2-5,16H,1,6-13H2. The van der Waals surface area contributed by atoms with E-state index in [0.717, 1.165) is 57.8 Å². The smallest absolute Gasteiger partial charge is 0.227 e. The van der Waals surface area contributed by atoms with Crippen LogP contribution >= 0.6 is 0 Å². The molecule has 1 atom stereocenters. The van der Waals surface area contributed by atoms with Gasteiger partial charge < -0.3 is 9.64 Å². The monoisotopic (exact) mass is 306 g/mol. The van der Waals surface area contributed by atoms with E-state index in [-0.39, 0.29) is 11.7 Å². The van der Waals surface area contributed by atoms with Crippen molar-refractivity contribution >= 4 is 5.91 Å². The zero-order valence-corrected chi connectivity index (χ0v) is 12.8. The van der Waals surface area contributed by atoms with Crippen LogP contribution in [0.1, 0.15) is 18.4 Å². The van der Waals surface area contributed by atoms with Crippen LogP contribution in [0.4, 0.5) is 4.39 Å². The highest BCUT2D eigenvalue weighted by atomic mass is 19.1. The van der Waals surface area contributed by atoms with Crippen LogP contribution in [0, 0.1) is 5.82 Å². The minimum Gasteiger partial charge on any atom is -0.380 e. The van der Waals surface area contributed by atoms with Gasteiger partial charge in [0.25, 0.3) is 0 Å². The first kappa shape index (κ1) is 15.4. The maximum absolute atomic E-state index is 12.9. The third-order valence-electron chi connectivity index (χ3n) is 4.57. The van der Waals surface area contributed by atoms with E-state index in [9.17, 15) is 9.18 Å². The van der Waals surface area contributed by atoms with Crippen molar-refractivity contribution in [3.05, 3.63) is 35.6 Å². The first-order chi connectivity index (χ1) is 10.7. The van der Waals surface area contributed by atoms with Gasteiger partial charge >= 0.3 is 0 Å². The molecule has 1 aromatic carbocycles. The molecule has 1 unspecified atom stereocenters. The summed E-state index contributed by atoms with van der Waals surface area (Å²) in [4.78, 5) is 16.8. The van der Waals surface area contributed by atoms with E-state index in [1.807, 2.05) is 4.90 Å². The lowest BCUT2D eigenvalue weighted by Crippen LogP contribution is -2.40. The van der Waals surface area contributed by atoms with E-state index < -0.39 is 0 Å². The highest BCUT2D eigenvalue weighted by Crippen LogP contribution is 2.15. The van der Waals surface area contributed by atoms with Crippen molar-refractivity contribution in [3.8, 4) is 0 Å². The number of ether oxygens (including phenoxy) is 1. The van der Waals surface area contributed by atoms with Crippen molar-refractivity contribution in [3.63, 3.8) is 0 Å². The van der Waals surface area contributed by atoms with Gasteiger partial charge in [-0.15, -0.1) is 0 Å². The average Bonchev–Trinajstić information content (AvgIpc) is 2.94. The summed E-state index contributed by atoms with van der Waals surface area (Å²) in [6.07, 6.45) is 2.46. The quantitative estimate of drug-likeness (QED) is 0.852. The molecule has 1 aromatic rings. The molecule has 2 saturated heterocycles. The normalized spacial score (nSPS) is 23.5. The fraction of sp³-hybridized carbons (Fsp3) is 0.588. The second-order valence-electron chi connectivity index (χ2n) is 6.09. The zero-order chi connectivity index (χ0) is 15.4. The summed E-state index contributed by atoms with van der Waals surface area (Å²) in [5.41, 5.74) is 0.872. The third kappa shape index (κ3) is 3.84. The van der Waals surface area contributed by atoms with E-state index >= 15 is 0 Å². The molecule has 4 nitrogen and oxygen atoms in total. The molecule has 1 amide bonds. The van der Waals surface area contributed by atoms with Gasteiger partial charge in [0, 0.05) is 38.8 Å². The second-order valence-corrected chi connectivity index (χ2v) is 6.09. The Morgan fingerprint density at radius 3 is 2.73 bits per heavy atom. The maximum Gasteiger partial charge on any atom is 0.227 e. The third-order valence-corrected chi connectivity index (χ3v) is 4.57. The average molecular weight is 306 g/mol. The molecule has 5 heteroatoms. The molecule has 2 aliphatic rings. The molecule has 0 bridgehead atoms. The molecule has 0 spiro atoms. The van der Waals surface area contributed by atoms with Gasteiger partial charge in [0.05, 0.1) is 13.0 Å². The Balaban J connectivity index is 1.53. The number of amides is 1. The Hall–Kier alpha value is -1.46. The Morgan fingerprint density at radius 1 is 1.18 bits per heavy atom. The molecule has 2 aliphatic heterocycles. The minimum absolute atomic E-state index is 0.135. The Bertz CT molecular complexity index is 500. The molecule has 2 heterocycles. The Labute approximate surface area is 130 Å². The topological polar surface area (TPSA) is 32.8 Å². The van der Waals surface area contributed by atoms with E-state index in [4.69, 9.17) is 4.74 Å². The second kappa shape index (κ2) is 7.20. The number of carbonyl (C=O) groups excluding carboxylic acids is 1. The van der Waals surface area contributed by atoms with Crippen LogP contribution in [-0.2, 0) is 16.0 Å². The van der Waals surface area contributed by atoms with Gasteiger partial charge in [-0.25, -0.2) is 4.39 Å². The van der Waals surface area contributed by atoms with E-state index in [1.54, 1.807) is 12.1 Å². The predicted octanol–water partition coefficient (Wildman–Crippen LogP) is 1.69. The summed E-state index contributed by atoms with van der Waals surface area (Å²) in [6.45, 7) is 5.22. The number of halogens is 1. The zero-order valence-electron chi connectivity index (χ0n) is 12.8. The fourth-order valence-corrected chi connectivity index (χ4v) is 3.25. The van der Waals surface area contributed by atoms with Crippen LogP contribution in [0.25, 0.3) is 0 Å². The van der Waals surface area contributed by atoms with Crippen LogP contribution < -0.4 is 0 Å². The first-order valence-electron chi connectivity index (χ1n) is 8.06.